The first kappa shape index (κ1) is 9.64. The highest BCUT2D eigenvalue weighted by Gasteiger charge is 2.52. The van der Waals surface area contributed by atoms with Crippen LogP contribution in [0.15, 0.2) is 0 Å². The summed E-state index contributed by atoms with van der Waals surface area (Å²) in [7, 11) is 0. The van der Waals surface area contributed by atoms with E-state index in [9.17, 15) is 4.79 Å². The number of nitrogens with one attached hydrogen (secondary N) is 1. The van der Waals surface area contributed by atoms with Gasteiger partial charge in [-0.2, -0.15) is 0 Å². The monoisotopic (exact) mass is 209 g/mol. The Morgan fingerprint density at radius 2 is 2.00 bits per heavy atom. The summed E-state index contributed by atoms with van der Waals surface area (Å²) in [5.74, 6) is 0.289. The minimum absolute atomic E-state index is 0.0669. The second kappa shape index (κ2) is 3.21. The van der Waals surface area contributed by atoms with E-state index in [4.69, 9.17) is 4.74 Å². The number of carbonyl (C=O) groups excluding carboxylic acids is 1. The van der Waals surface area contributed by atoms with Gasteiger partial charge in [0.15, 0.2) is 0 Å². The summed E-state index contributed by atoms with van der Waals surface area (Å²) in [4.78, 5) is 11.9. The number of rotatable bonds is 0. The first-order valence-electron chi connectivity index (χ1n) is 6.17. The van der Waals surface area contributed by atoms with E-state index in [2.05, 4.69) is 5.32 Å². The van der Waals surface area contributed by atoms with Crippen LogP contribution in [0.5, 0.6) is 0 Å². The Labute approximate surface area is 90.6 Å². The maximum Gasteiger partial charge on any atom is 0.226 e. The lowest BCUT2D eigenvalue weighted by Crippen LogP contribution is -2.44. The van der Waals surface area contributed by atoms with Crippen LogP contribution in [0.2, 0.25) is 0 Å². The van der Waals surface area contributed by atoms with Crippen LogP contribution in [0, 0.1) is 5.41 Å². The lowest BCUT2D eigenvalue weighted by molar-refractivity contribution is -0.136. The van der Waals surface area contributed by atoms with Gasteiger partial charge in [0.25, 0.3) is 0 Å². The highest BCUT2D eigenvalue weighted by Crippen LogP contribution is 2.50. The molecule has 84 valence electrons. The van der Waals surface area contributed by atoms with Gasteiger partial charge in [0.1, 0.15) is 0 Å². The number of amides is 1. The molecule has 2 saturated heterocycles. The molecule has 3 heteroatoms. The van der Waals surface area contributed by atoms with Gasteiger partial charge in [-0.1, -0.05) is 0 Å². The molecule has 3 nitrogen and oxygen atoms in total. The predicted octanol–water partition coefficient (Wildman–Crippen LogP) is 1.62. The van der Waals surface area contributed by atoms with Gasteiger partial charge in [0, 0.05) is 13.2 Å². The van der Waals surface area contributed by atoms with E-state index in [-0.39, 0.29) is 16.9 Å². The van der Waals surface area contributed by atoms with Crippen molar-refractivity contribution in [3.8, 4) is 0 Å². The molecular formula is C12H19NO2. The van der Waals surface area contributed by atoms with Crippen LogP contribution in [0.25, 0.3) is 0 Å². The lowest BCUT2D eigenvalue weighted by Gasteiger charge is -2.42. The van der Waals surface area contributed by atoms with Gasteiger partial charge in [-0.3, -0.25) is 4.79 Å². The highest BCUT2D eigenvalue weighted by atomic mass is 16.5. The van der Waals surface area contributed by atoms with Gasteiger partial charge >= 0.3 is 0 Å². The normalized spacial score (nSPS) is 45.2. The van der Waals surface area contributed by atoms with Gasteiger partial charge in [0.2, 0.25) is 5.91 Å². The highest BCUT2D eigenvalue weighted by molar-refractivity contribution is 5.84. The van der Waals surface area contributed by atoms with E-state index in [1.807, 2.05) is 0 Å². The third kappa shape index (κ3) is 1.40. The van der Waals surface area contributed by atoms with Gasteiger partial charge in [-0.25, -0.2) is 0 Å². The molecule has 2 atom stereocenters. The molecule has 0 bridgehead atoms. The van der Waals surface area contributed by atoms with Crippen molar-refractivity contribution in [1.82, 2.24) is 5.32 Å². The van der Waals surface area contributed by atoms with Crippen molar-refractivity contribution >= 4 is 5.91 Å². The van der Waals surface area contributed by atoms with Gasteiger partial charge in [-0.15, -0.1) is 0 Å². The molecule has 2 heterocycles. The van der Waals surface area contributed by atoms with Crippen molar-refractivity contribution in [3.63, 3.8) is 0 Å². The summed E-state index contributed by atoms with van der Waals surface area (Å²) in [6, 6.07) is 0. The maximum atomic E-state index is 11.9. The second-order valence-corrected chi connectivity index (χ2v) is 5.45. The van der Waals surface area contributed by atoms with Crippen LogP contribution in [0.4, 0.5) is 0 Å². The third-order valence-corrected chi connectivity index (χ3v) is 4.50. The zero-order valence-electron chi connectivity index (χ0n) is 9.18. The largest absolute Gasteiger partial charge is 0.375 e. The van der Waals surface area contributed by atoms with Crippen LogP contribution in [-0.2, 0) is 9.53 Å². The van der Waals surface area contributed by atoms with Gasteiger partial charge in [0.05, 0.1) is 11.0 Å². The lowest BCUT2D eigenvalue weighted by atomic mass is 9.66. The molecular weight excluding hydrogens is 190 g/mol. The minimum atomic E-state index is -0.0669. The summed E-state index contributed by atoms with van der Waals surface area (Å²) >= 11 is 0. The topological polar surface area (TPSA) is 38.3 Å². The summed E-state index contributed by atoms with van der Waals surface area (Å²) in [5, 5.41) is 2.99. The Morgan fingerprint density at radius 1 is 1.13 bits per heavy atom. The van der Waals surface area contributed by atoms with E-state index in [0.717, 1.165) is 38.8 Å². The summed E-state index contributed by atoms with van der Waals surface area (Å²) in [5.41, 5.74) is 0.00250. The molecule has 0 aromatic rings. The number of carbonyl (C=O) groups is 1. The Balaban J connectivity index is 1.83. The first-order chi connectivity index (χ1) is 7.25. The standard InChI is InChI=1S/C12H19NO2/c14-10-11(6-7-13-10)3-1-4-12(9-11)5-2-8-15-12/h1-9H2,(H,13,14). The fourth-order valence-corrected chi connectivity index (χ4v) is 3.76. The molecule has 1 aliphatic carbocycles. The Hall–Kier alpha value is -0.570. The van der Waals surface area contributed by atoms with Crippen molar-refractivity contribution in [1.29, 1.82) is 0 Å². The Kier molecular flexibility index (Phi) is 2.06. The van der Waals surface area contributed by atoms with E-state index >= 15 is 0 Å². The fraction of sp³-hybridized carbons (Fsp3) is 0.917. The van der Waals surface area contributed by atoms with E-state index in [0.29, 0.717) is 0 Å². The maximum absolute atomic E-state index is 11.9. The molecule has 2 spiro atoms. The molecule has 1 saturated carbocycles. The summed E-state index contributed by atoms with van der Waals surface area (Å²) in [6.45, 7) is 1.77. The quantitative estimate of drug-likeness (QED) is 0.658. The number of hydrogen-bond donors (Lipinski definition) is 1. The molecule has 1 amide bonds. The third-order valence-electron chi connectivity index (χ3n) is 4.50. The van der Waals surface area contributed by atoms with Crippen LogP contribution in [0.1, 0.15) is 44.9 Å². The Morgan fingerprint density at radius 3 is 2.67 bits per heavy atom. The number of hydrogen-bond acceptors (Lipinski definition) is 2. The van der Waals surface area contributed by atoms with Crippen molar-refractivity contribution in [2.45, 2.75) is 50.5 Å². The van der Waals surface area contributed by atoms with E-state index in [1.54, 1.807) is 0 Å². The zero-order valence-corrected chi connectivity index (χ0v) is 9.18. The first-order valence-corrected chi connectivity index (χ1v) is 6.17. The molecule has 15 heavy (non-hydrogen) atoms. The number of ether oxygens (including phenoxy) is 1. The molecule has 0 aromatic heterocycles. The molecule has 1 N–H and O–H groups in total. The van der Waals surface area contributed by atoms with E-state index < -0.39 is 0 Å². The summed E-state index contributed by atoms with van der Waals surface area (Å²) < 4.78 is 5.94. The van der Waals surface area contributed by atoms with Gasteiger partial charge < -0.3 is 10.1 Å². The van der Waals surface area contributed by atoms with Crippen molar-refractivity contribution in [2.75, 3.05) is 13.2 Å². The van der Waals surface area contributed by atoms with Gasteiger partial charge in [-0.05, 0) is 44.9 Å². The van der Waals surface area contributed by atoms with Crippen LogP contribution in [0.3, 0.4) is 0 Å². The molecule has 3 fully saturated rings. The zero-order chi connectivity index (χ0) is 10.4. The van der Waals surface area contributed by atoms with Crippen LogP contribution < -0.4 is 5.32 Å². The van der Waals surface area contributed by atoms with Crippen molar-refractivity contribution in [3.05, 3.63) is 0 Å². The van der Waals surface area contributed by atoms with Crippen molar-refractivity contribution < 1.29 is 9.53 Å². The fourth-order valence-electron chi connectivity index (χ4n) is 3.76. The van der Waals surface area contributed by atoms with Crippen LogP contribution in [-0.4, -0.2) is 24.7 Å². The molecule has 3 aliphatic rings. The molecule has 0 aromatic carbocycles. The Bertz CT molecular complexity index is 283. The van der Waals surface area contributed by atoms with Crippen LogP contribution >= 0.6 is 0 Å². The molecule has 3 rings (SSSR count). The van der Waals surface area contributed by atoms with E-state index in [1.165, 1.54) is 19.3 Å². The smallest absolute Gasteiger partial charge is 0.226 e. The minimum Gasteiger partial charge on any atom is -0.375 e. The molecule has 2 unspecified atom stereocenters. The summed E-state index contributed by atoms with van der Waals surface area (Å²) in [6.07, 6.45) is 7.75. The van der Waals surface area contributed by atoms with Crippen molar-refractivity contribution in [2.24, 2.45) is 5.41 Å². The average molecular weight is 209 g/mol. The second-order valence-electron chi connectivity index (χ2n) is 5.45. The molecule has 0 radical (unpaired) electrons. The average Bonchev–Trinajstić information content (AvgIpc) is 2.78. The SMILES string of the molecule is O=C1NCCC12CCCC1(CCCO1)C2. The predicted molar refractivity (Wildman–Crippen MR) is 56.4 cm³/mol. The molecule has 2 aliphatic heterocycles.